The Bertz CT molecular complexity index is 303. The lowest BCUT2D eigenvalue weighted by molar-refractivity contribution is 0.633. The molecule has 1 aromatic carbocycles. The lowest BCUT2D eigenvalue weighted by atomic mass is 10.1. The molecule has 2 nitrogen and oxygen atoms in total. The van der Waals surface area contributed by atoms with E-state index < -0.39 is 0 Å². The monoisotopic (exact) mass is 204 g/mol. The van der Waals surface area contributed by atoms with Gasteiger partial charge in [-0.3, -0.25) is 0 Å². The van der Waals surface area contributed by atoms with Crippen LogP contribution in [0.15, 0.2) is 24.3 Å². The smallest absolute Gasteiger partial charge is 0.0373 e. The van der Waals surface area contributed by atoms with E-state index in [1.807, 2.05) is 0 Å². The largest absolute Gasteiger partial charge is 0.383 e. The molecule has 0 bridgehead atoms. The summed E-state index contributed by atoms with van der Waals surface area (Å²) in [5, 5.41) is 7.05. The zero-order chi connectivity index (χ0) is 10.5. The van der Waals surface area contributed by atoms with E-state index in [0.29, 0.717) is 6.04 Å². The van der Waals surface area contributed by atoms with Crippen LogP contribution in [0, 0.1) is 0 Å². The fourth-order valence-corrected chi connectivity index (χ4v) is 2.17. The Labute approximate surface area is 92.1 Å². The first-order valence-electron chi connectivity index (χ1n) is 5.95. The van der Waals surface area contributed by atoms with Gasteiger partial charge in [-0.15, -0.1) is 0 Å². The molecule has 0 radical (unpaired) electrons. The molecule has 1 unspecified atom stereocenters. The third-order valence-corrected chi connectivity index (χ3v) is 3.10. The van der Waals surface area contributed by atoms with E-state index in [9.17, 15) is 0 Å². The molecule has 0 aromatic heterocycles. The lowest BCUT2D eigenvalue weighted by Gasteiger charge is -2.14. The quantitative estimate of drug-likeness (QED) is 0.787. The molecular formula is C13H20N2. The average molecular weight is 204 g/mol. The first-order valence-corrected chi connectivity index (χ1v) is 5.95. The maximum Gasteiger partial charge on any atom is 0.0373 e. The van der Waals surface area contributed by atoms with Gasteiger partial charge in [-0.2, -0.15) is 0 Å². The van der Waals surface area contributed by atoms with Crippen molar-refractivity contribution in [1.82, 2.24) is 5.32 Å². The summed E-state index contributed by atoms with van der Waals surface area (Å²) in [7, 11) is 0. The maximum atomic E-state index is 3.54. The number of benzene rings is 1. The molecule has 0 saturated carbocycles. The SMILES string of the molecule is CCc1ccccc1NCC1CCCN1. The van der Waals surface area contributed by atoms with Gasteiger partial charge < -0.3 is 10.6 Å². The molecule has 1 heterocycles. The van der Waals surface area contributed by atoms with E-state index in [2.05, 4.69) is 41.8 Å². The Morgan fingerprint density at radius 1 is 1.40 bits per heavy atom. The minimum Gasteiger partial charge on any atom is -0.383 e. The summed E-state index contributed by atoms with van der Waals surface area (Å²) in [5.74, 6) is 0. The van der Waals surface area contributed by atoms with Crippen LogP contribution < -0.4 is 10.6 Å². The summed E-state index contributed by atoms with van der Waals surface area (Å²) in [6, 6.07) is 9.24. The topological polar surface area (TPSA) is 24.1 Å². The van der Waals surface area contributed by atoms with Gasteiger partial charge in [0.05, 0.1) is 0 Å². The summed E-state index contributed by atoms with van der Waals surface area (Å²) < 4.78 is 0. The van der Waals surface area contributed by atoms with E-state index in [1.165, 1.54) is 30.6 Å². The Kier molecular flexibility index (Phi) is 3.62. The summed E-state index contributed by atoms with van der Waals surface area (Å²) in [4.78, 5) is 0. The van der Waals surface area contributed by atoms with Crippen LogP contribution in [0.4, 0.5) is 5.69 Å². The fraction of sp³-hybridized carbons (Fsp3) is 0.538. The third kappa shape index (κ3) is 2.72. The van der Waals surface area contributed by atoms with Crippen molar-refractivity contribution in [2.24, 2.45) is 0 Å². The van der Waals surface area contributed by atoms with Crippen LogP contribution in [-0.4, -0.2) is 19.1 Å². The van der Waals surface area contributed by atoms with Gasteiger partial charge in [-0.05, 0) is 37.4 Å². The van der Waals surface area contributed by atoms with Crippen molar-refractivity contribution in [3.8, 4) is 0 Å². The van der Waals surface area contributed by atoms with E-state index in [-0.39, 0.29) is 0 Å². The molecule has 0 aliphatic carbocycles. The highest BCUT2D eigenvalue weighted by molar-refractivity contribution is 5.51. The normalized spacial score (nSPS) is 20.5. The summed E-state index contributed by atoms with van der Waals surface area (Å²) in [5.41, 5.74) is 2.71. The minimum absolute atomic E-state index is 0.662. The highest BCUT2D eigenvalue weighted by atomic mass is 15.0. The summed E-state index contributed by atoms with van der Waals surface area (Å²) >= 11 is 0. The van der Waals surface area contributed by atoms with E-state index in [1.54, 1.807) is 0 Å². The first kappa shape index (κ1) is 10.5. The van der Waals surface area contributed by atoms with Crippen LogP contribution in [-0.2, 0) is 6.42 Å². The van der Waals surface area contributed by atoms with Gasteiger partial charge in [-0.1, -0.05) is 25.1 Å². The molecule has 1 aliphatic heterocycles. The van der Waals surface area contributed by atoms with Crippen molar-refractivity contribution >= 4 is 5.69 Å². The molecule has 1 saturated heterocycles. The van der Waals surface area contributed by atoms with Crippen LogP contribution in [0.5, 0.6) is 0 Å². The molecule has 0 spiro atoms. The second-order valence-corrected chi connectivity index (χ2v) is 4.18. The molecule has 15 heavy (non-hydrogen) atoms. The van der Waals surface area contributed by atoms with Crippen molar-refractivity contribution in [1.29, 1.82) is 0 Å². The molecule has 82 valence electrons. The number of para-hydroxylation sites is 1. The van der Waals surface area contributed by atoms with Crippen molar-refractivity contribution in [3.63, 3.8) is 0 Å². The Morgan fingerprint density at radius 2 is 2.27 bits per heavy atom. The Hall–Kier alpha value is -1.02. The maximum absolute atomic E-state index is 3.54. The molecular weight excluding hydrogens is 184 g/mol. The third-order valence-electron chi connectivity index (χ3n) is 3.10. The van der Waals surface area contributed by atoms with Crippen LogP contribution in [0.3, 0.4) is 0 Å². The molecule has 1 atom stereocenters. The fourth-order valence-electron chi connectivity index (χ4n) is 2.17. The zero-order valence-electron chi connectivity index (χ0n) is 9.42. The van der Waals surface area contributed by atoms with Gasteiger partial charge in [0.2, 0.25) is 0 Å². The van der Waals surface area contributed by atoms with E-state index >= 15 is 0 Å². The zero-order valence-corrected chi connectivity index (χ0v) is 9.42. The number of nitrogens with one attached hydrogen (secondary N) is 2. The molecule has 2 N–H and O–H groups in total. The van der Waals surface area contributed by atoms with Crippen LogP contribution in [0.2, 0.25) is 0 Å². The van der Waals surface area contributed by atoms with Gasteiger partial charge in [0.1, 0.15) is 0 Å². The van der Waals surface area contributed by atoms with Crippen molar-refractivity contribution < 1.29 is 0 Å². The van der Waals surface area contributed by atoms with Crippen molar-refractivity contribution in [2.45, 2.75) is 32.2 Å². The number of rotatable bonds is 4. The summed E-state index contributed by atoms with van der Waals surface area (Å²) in [6.07, 6.45) is 3.73. The lowest BCUT2D eigenvalue weighted by Crippen LogP contribution is -2.29. The molecule has 2 rings (SSSR count). The molecule has 1 aromatic rings. The van der Waals surface area contributed by atoms with Gasteiger partial charge in [0.25, 0.3) is 0 Å². The second kappa shape index (κ2) is 5.17. The predicted octanol–water partition coefficient (Wildman–Crippen LogP) is 2.41. The Morgan fingerprint density at radius 3 is 3.00 bits per heavy atom. The van der Waals surface area contributed by atoms with Gasteiger partial charge >= 0.3 is 0 Å². The predicted molar refractivity (Wildman–Crippen MR) is 65.3 cm³/mol. The molecule has 1 fully saturated rings. The Balaban J connectivity index is 1.91. The van der Waals surface area contributed by atoms with Crippen molar-refractivity contribution in [3.05, 3.63) is 29.8 Å². The standard InChI is InChI=1S/C13H20N2/c1-2-11-6-3-4-8-13(11)15-10-12-7-5-9-14-12/h3-4,6,8,12,14-15H,2,5,7,9-10H2,1H3. The highest BCUT2D eigenvalue weighted by Gasteiger charge is 2.13. The number of anilines is 1. The average Bonchev–Trinajstić information content (AvgIpc) is 2.79. The second-order valence-electron chi connectivity index (χ2n) is 4.18. The highest BCUT2D eigenvalue weighted by Crippen LogP contribution is 2.16. The van der Waals surface area contributed by atoms with Crippen LogP contribution in [0.25, 0.3) is 0 Å². The minimum atomic E-state index is 0.662. The van der Waals surface area contributed by atoms with Crippen molar-refractivity contribution in [2.75, 3.05) is 18.4 Å². The van der Waals surface area contributed by atoms with Gasteiger partial charge in [-0.25, -0.2) is 0 Å². The van der Waals surface area contributed by atoms with E-state index in [0.717, 1.165) is 13.0 Å². The van der Waals surface area contributed by atoms with Crippen LogP contribution >= 0.6 is 0 Å². The molecule has 2 heteroatoms. The van der Waals surface area contributed by atoms with E-state index in [4.69, 9.17) is 0 Å². The number of aryl methyl sites for hydroxylation is 1. The molecule has 1 aliphatic rings. The van der Waals surface area contributed by atoms with Crippen LogP contribution in [0.1, 0.15) is 25.3 Å². The number of hydrogen-bond donors (Lipinski definition) is 2. The number of hydrogen-bond acceptors (Lipinski definition) is 2. The van der Waals surface area contributed by atoms with Gasteiger partial charge in [0.15, 0.2) is 0 Å². The first-order chi connectivity index (χ1) is 7.40. The van der Waals surface area contributed by atoms with Gasteiger partial charge in [0, 0.05) is 18.3 Å². The summed E-state index contributed by atoms with van der Waals surface area (Å²) in [6.45, 7) is 4.44. The molecule has 0 amide bonds.